The van der Waals surface area contributed by atoms with E-state index >= 15 is 0 Å². The van der Waals surface area contributed by atoms with Crippen LogP contribution in [-0.4, -0.2) is 33.6 Å². The molecule has 0 spiro atoms. The molecule has 2 rings (SSSR count). The predicted molar refractivity (Wildman–Crippen MR) is 68.2 cm³/mol. The standard InChI is InChI=1S/C13H20F3N3O/c1-2-5-17-12(9-20)4-3-11(6-12)19-8-10(7-18-19)13(14,15)16/h7-8,11,17,20H,2-6,9H2,1H3. The van der Waals surface area contributed by atoms with Crippen molar-refractivity contribution in [1.29, 1.82) is 0 Å². The van der Waals surface area contributed by atoms with E-state index in [-0.39, 0.29) is 18.2 Å². The molecule has 0 saturated heterocycles. The molecule has 1 fully saturated rings. The zero-order valence-corrected chi connectivity index (χ0v) is 11.5. The summed E-state index contributed by atoms with van der Waals surface area (Å²) in [7, 11) is 0. The summed E-state index contributed by atoms with van der Waals surface area (Å²) in [6.45, 7) is 2.82. The highest BCUT2D eigenvalue weighted by Gasteiger charge is 2.40. The van der Waals surface area contributed by atoms with Crippen LogP contribution >= 0.6 is 0 Å². The lowest BCUT2D eigenvalue weighted by molar-refractivity contribution is -0.137. The normalized spacial score (nSPS) is 27.1. The summed E-state index contributed by atoms with van der Waals surface area (Å²) in [4.78, 5) is 0. The third-order valence-electron chi connectivity index (χ3n) is 3.94. The van der Waals surface area contributed by atoms with Gasteiger partial charge in [0.2, 0.25) is 0 Å². The molecule has 2 atom stereocenters. The highest BCUT2D eigenvalue weighted by Crippen LogP contribution is 2.38. The topological polar surface area (TPSA) is 50.1 Å². The Kier molecular flexibility index (Phi) is 4.39. The Hall–Kier alpha value is -1.08. The van der Waals surface area contributed by atoms with Crippen molar-refractivity contribution >= 4 is 0 Å². The SMILES string of the molecule is CCCNC1(CO)CCC(n2cc(C(F)(F)F)cn2)C1. The Morgan fingerprint density at radius 3 is 2.85 bits per heavy atom. The lowest BCUT2D eigenvalue weighted by Gasteiger charge is -2.28. The number of rotatable bonds is 5. The number of nitrogens with one attached hydrogen (secondary N) is 1. The van der Waals surface area contributed by atoms with Crippen LogP contribution in [0.5, 0.6) is 0 Å². The van der Waals surface area contributed by atoms with Crippen LogP contribution < -0.4 is 5.32 Å². The van der Waals surface area contributed by atoms with Gasteiger partial charge in [0, 0.05) is 11.7 Å². The first kappa shape index (κ1) is 15.3. The summed E-state index contributed by atoms with van der Waals surface area (Å²) in [6.07, 6.45) is 0.572. The van der Waals surface area contributed by atoms with Gasteiger partial charge < -0.3 is 10.4 Å². The van der Waals surface area contributed by atoms with E-state index in [0.717, 1.165) is 38.2 Å². The Labute approximate surface area is 116 Å². The average Bonchev–Trinajstić information content (AvgIpc) is 3.03. The van der Waals surface area contributed by atoms with Crippen LogP contribution in [0.2, 0.25) is 0 Å². The Morgan fingerprint density at radius 1 is 1.55 bits per heavy atom. The molecule has 0 aromatic carbocycles. The molecule has 7 heteroatoms. The van der Waals surface area contributed by atoms with Crippen LogP contribution in [0.4, 0.5) is 13.2 Å². The van der Waals surface area contributed by atoms with Gasteiger partial charge in [0.05, 0.1) is 24.4 Å². The fourth-order valence-electron chi connectivity index (χ4n) is 2.76. The van der Waals surface area contributed by atoms with Crippen LogP contribution in [0.3, 0.4) is 0 Å². The molecule has 2 unspecified atom stereocenters. The quantitative estimate of drug-likeness (QED) is 0.875. The molecule has 0 bridgehead atoms. The number of aromatic nitrogens is 2. The summed E-state index contributed by atoms with van der Waals surface area (Å²) in [5, 5.41) is 16.7. The molecule has 1 aromatic heterocycles. The van der Waals surface area contributed by atoms with Gasteiger partial charge in [0.1, 0.15) is 0 Å². The van der Waals surface area contributed by atoms with E-state index in [9.17, 15) is 18.3 Å². The predicted octanol–water partition coefficient (Wildman–Crippen LogP) is 2.36. The summed E-state index contributed by atoms with van der Waals surface area (Å²) in [5.41, 5.74) is -1.11. The average molecular weight is 291 g/mol. The molecule has 1 heterocycles. The van der Waals surface area contributed by atoms with Crippen molar-refractivity contribution in [1.82, 2.24) is 15.1 Å². The van der Waals surface area contributed by atoms with Crippen molar-refractivity contribution in [2.45, 2.75) is 50.4 Å². The number of halogens is 3. The van der Waals surface area contributed by atoms with Crippen molar-refractivity contribution < 1.29 is 18.3 Å². The molecular weight excluding hydrogens is 271 g/mol. The lowest BCUT2D eigenvalue weighted by atomic mass is 9.98. The molecule has 2 N–H and O–H groups in total. The molecule has 1 aliphatic rings. The van der Waals surface area contributed by atoms with E-state index < -0.39 is 11.7 Å². The molecule has 0 amide bonds. The lowest BCUT2D eigenvalue weighted by Crippen LogP contribution is -2.46. The third-order valence-corrected chi connectivity index (χ3v) is 3.94. The number of aliphatic hydroxyl groups excluding tert-OH is 1. The maximum Gasteiger partial charge on any atom is 0.419 e. The van der Waals surface area contributed by atoms with Gasteiger partial charge in [-0.25, -0.2) is 0 Å². The van der Waals surface area contributed by atoms with E-state index in [1.54, 1.807) is 0 Å². The van der Waals surface area contributed by atoms with Gasteiger partial charge >= 0.3 is 6.18 Å². The second-order valence-electron chi connectivity index (χ2n) is 5.47. The van der Waals surface area contributed by atoms with E-state index in [0.29, 0.717) is 6.42 Å². The van der Waals surface area contributed by atoms with Crippen molar-refractivity contribution in [3.05, 3.63) is 18.0 Å². The zero-order chi connectivity index (χ0) is 14.8. The first-order valence-electron chi connectivity index (χ1n) is 6.87. The molecule has 0 aliphatic heterocycles. The smallest absolute Gasteiger partial charge is 0.394 e. The third kappa shape index (κ3) is 3.15. The van der Waals surface area contributed by atoms with Gasteiger partial charge in [0.15, 0.2) is 0 Å². The highest BCUT2D eigenvalue weighted by atomic mass is 19.4. The summed E-state index contributed by atoms with van der Waals surface area (Å²) in [6, 6.07) is -0.0948. The van der Waals surface area contributed by atoms with E-state index in [4.69, 9.17) is 0 Å². The van der Waals surface area contributed by atoms with Crippen LogP contribution in [-0.2, 0) is 6.18 Å². The van der Waals surface area contributed by atoms with Crippen LogP contribution in [0.25, 0.3) is 0 Å². The first-order chi connectivity index (χ1) is 9.40. The highest BCUT2D eigenvalue weighted by molar-refractivity contribution is 5.10. The molecule has 1 aliphatic carbocycles. The van der Waals surface area contributed by atoms with Gasteiger partial charge in [0.25, 0.3) is 0 Å². The second-order valence-corrected chi connectivity index (χ2v) is 5.47. The minimum atomic E-state index is -4.36. The largest absolute Gasteiger partial charge is 0.419 e. The van der Waals surface area contributed by atoms with Gasteiger partial charge in [-0.15, -0.1) is 0 Å². The van der Waals surface area contributed by atoms with E-state index in [1.165, 1.54) is 4.68 Å². The number of aliphatic hydroxyl groups is 1. The monoisotopic (exact) mass is 291 g/mol. The van der Waals surface area contributed by atoms with Crippen LogP contribution in [0.15, 0.2) is 12.4 Å². The van der Waals surface area contributed by atoms with Gasteiger partial charge in [-0.1, -0.05) is 6.92 Å². The molecule has 4 nitrogen and oxygen atoms in total. The van der Waals surface area contributed by atoms with E-state index in [2.05, 4.69) is 10.4 Å². The first-order valence-corrected chi connectivity index (χ1v) is 6.87. The number of hydrogen-bond acceptors (Lipinski definition) is 3. The maximum atomic E-state index is 12.6. The minimum Gasteiger partial charge on any atom is -0.394 e. The summed E-state index contributed by atoms with van der Waals surface area (Å²) >= 11 is 0. The molecular formula is C13H20F3N3O. The molecule has 20 heavy (non-hydrogen) atoms. The van der Waals surface area contributed by atoms with Gasteiger partial charge in [-0.2, -0.15) is 18.3 Å². The van der Waals surface area contributed by atoms with Crippen LogP contribution in [0, 0.1) is 0 Å². The molecule has 114 valence electrons. The fourth-order valence-corrected chi connectivity index (χ4v) is 2.76. The van der Waals surface area contributed by atoms with E-state index in [1.807, 2.05) is 6.92 Å². The van der Waals surface area contributed by atoms with Crippen LogP contribution in [0.1, 0.15) is 44.2 Å². The number of alkyl halides is 3. The zero-order valence-electron chi connectivity index (χ0n) is 11.5. The molecule has 1 aromatic rings. The summed E-state index contributed by atoms with van der Waals surface area (Å²) < 4.78 is 39.1. The van der Waals surface area contributed by atoms with Crippen molar-refractivity contribution in [2.24, 2.45) is 0 Å². The Morgan fingerprint density at radius 2 is 2.30 bits per heavy atom. The van der Waals surface area contributed by atoms with Crippen molar-refractivity contribution in [3.63, 3.8) is 0 Å². The maximum absolute atomic E-state index is 12.6. The van der Waals surface area contributed by atoms with Gasteiger partial charge in [-0.3, -0.25) is 4.68 Å². The Balaban J connectivity index is 2.06. The molecule has 0 radical (unpaired) electrons. The molecule has 1 saturated carbocycles. The second kappa shape index (κ2) is 5.73. The minimum absolute atomic E-state index is 0.00308. The Bertz CT molecular complexity index is 446. The van der Waals surface area contributed by atoms with Crippen molar-refractivity contribution in [3.8, 4) is 0 Å². The van der Waals surface area contributed by atoms with Crippen molar-refractivity contribution in [2.75, 3.05) is 13.2 Å². The number of hydrogen-bond donors (Lipinski definition) is 2. The van der Waals surface area contributed by atoms with Gasteiger partial charge in [-0.05, 0) is 32.2 Å². The fraction of sp³-hybridized carbons (Fsp3) is 0.769. The number of nitrogens with zero attached hydrogens (tertiary/aromatic N) is 2. The summed E-state index contributed by atoms with van der Waals surface area (Å²) in [5.74, 6) is 0.